The second-order valence-electron chi connectivity index (χ2n) is 6.38. The Kier molecular flexibility index (Phi) is 6.07. The largest absolute Gasteiger partial charge is 0.493 e. The van der Waals surface area contributed by atoms with E-state index in [4.69, 9.17) is 9.47 Å². The first-order valence-electron chi connectivity index (χ1n) is 8.79. The fourth-order valence-corrected chi connectivity index (χ4v) is 3.18. The molecule has 0 bridgehead atoms. The summed E-state index contributed by atoms with van der Waals surface area (Å²) in [6.45, 7) is 4.16. The van der Waals surface area contributed by atoms with Crippen molar-refractivity contribution >= 4 is 5.91 Å². The van der Waals surface area contributed by atoms with Crippen LogP contribution in [-0.2, 0) is 17.8 Å². The first-order valence-corrected chi connectivity index (χ1v) is 8.79. The first-order chi connectivity index (χ1) is 12.7. The summed E-state index contributed by atoms with van der Waals surface area (Å²) in [5.74, 6) is 1.48. The lowest BCUT2D eigenvalue weighted by Gasteiger charge is -2.34. The van der Waals surface area contributed by atoms with Crippen molar-refractivity contribution in [3.63, 3.8) is 0 Å². The number of piperazine rings is 1. The van der Waals surface area contributed by atoms with Crippen LogP contribution in [0, 0.1) is 0 Å². The van der Waals surface area contributed by atoms with Gasteiger partial charge in [0.1, 0.15) is 0 Å². The normalized spacial score (nSPS) is 14.9. The predicted molar refractivity (Wildman–Crippen MR) is 99.3 cm³/mol. The molecular formula is C20H25N3O3. The molecule has 1 aromatic heterocycles. The lowest BCUT2D eigenvalue weighted by molar-refractivity contribution is -0.132. The number of carbonyl (C=O) groups excluding carboxylic acids is 1. The Morgan fingerprint density at radius 3 is 2.46 bits per heavy atom. The summed E-state index contributed by atoms with van der Waals surface area (Å²) in [5, 5.41) is 0. The highest BCUT2D eigenvalue weighted by atomic mass is 16.5. The maximum absolute atomic E-state index is 12.6. The van der Waals surface area contributed by atoms with Crippen molar-refractivity contribution in [2.24, 2.45) is 0 Å². The minimum atomic E-state index is 0.151. The molecule has 1 saturated heterocycles. The molecule has 1 amide bonds. The highest BCUT2D eigenvalue weighted by Crippen LogP contribution is 2.27. The van der Waals surface area contributed by atoms with Gasteiger partial charge in [-0.15, -0.1) is 0 Å². The van der Waals surface area contributed by atoms with E-state index < -0.39 is 0 Å². The molecule has 1 aliphatic rings. The van der Waals surface area contributed by atoms with Gasteiger partial charge in [-0.3, -0.25) is 14.7 Å². The van der Waals surface area contributed by atoms with Crippen LogP contribution in [0.2, 0.25) is 0 Å². The Morgan fingerprint density at radius 1 is 1.04 bits per heavy atom. The highest BCUT2D eigenvalue weighted by molar-refractivity contribution is 5.79. The van der Waals surface area contributed by atoms with Gasteiger partial charge in [-0.1, -0.05) is 12.1 Å². The zero-order chi connectivity index (χ0) is 18.4. The first kappa shape index (κ1) is 18.2. The lowest BCUT2D eigenvalue weighted by atomic mass is 10.1. The standard InChI is InChI=1S/C20H25N3O3/c1-25-18-6-5-16(12-19(18)26-2)13-20(24)23-10-8-22(9-11-23)15-17-4-3-7-21-14-17/h3-7,12,14H,8-11,13,15H2,1-2H3. The van der Waals surface area contributed by atoms with E-state index in [9.17, 15) is 4.79 Å². The molecule has 0 radical (unpaired) electrons. The quantitative estimate of drug-likeness (QED) is 0.793. The molecule has 0 unspecified atom stereocenters. The average Bonchev–Trinajstić information content (AvgIpc) is 2.69. The second kappa shape index (κ2) is 8.67. The van der Waals surface area contributed by atoms with Crippen molar-refractivity contribution in [3.8, 4) is 11.5 Å². The van der Waals surface area contributed by atoms with Crippen LogP contribution in [0.25, 0.3) is 0 Å². The van der Waals surface area contributed by atoms with E-state index in [1.807, 2.05) is 35.4 Å². The molecule has 1 aliphatic heterocycles. The molecule has 0 saturated carbocycles. The Morgan fingerprint density at radius 2 is 1.81 bits per heavy atom. The van der Waals surface area contributed by atoms with Gasteiger partial charge in [0.05, 0.1) is 20.6 Å². The SMILES string of the molecule is COc1ccc(CC(=O)N2CCN(Cc3cccnc3)CC2)cc1OC. The summed E-state index contributed by atoms with van der Waals surface area (Å²) in [6.07, 6.45) is 4.06. The molecule has 2 aromatic rings. The summed E-state index contributed by atoms with van der Waals surface area (Å²) >= 11 is 0. The van der Waals surface area contributed by atoms with Crippen LogP contribution in [-0.4, -0.2) is 61.1 Å². The number of rotatable bonds is 6. The van der Waals surface area contributed by atoms with Crippen LogP contribution in [0.5, 0.6) is 11.5 Å². The van der Waals surface area contributed by atoms with Gasteiger partial charge in [0.2, 0.25) is 5.91 Å². The molecule has 0 atom stereocenters. The molecular weight excluding hydrogens is 330 g/mol. The van der Waals surface area contributed by atoms with Crippen LogP contribution >= 0.6 is 0 Å². The molecule has 0 N–H and O–H groups in total. The van der Waals surface area contributed by atoms with Crippen molar-refractivity contribution in [2.45, 2.75) is 13.0 Å². The molecule has 138 valence electrons. The summed E-state index contributed by atoms with van der Waals surface area (Å²) in [6, 6.07) is 9.67. The number of benzene rings is 1. The van der Waals surface area contributed by atoms with E-state index in [-0.39, 0.29) is 5.91 Å². The average molecular weight is 355 g/mol. The van der Waals surface area contributed by atoms with Crippen LogP contribution < -0.4 is 9.47 Å². The monoisotopic (exact) mass is 355 g/mol. The van der Waals surface area contributed by atoms with E-state index in [1.54, 1.807) is 20.4 Å². The fourth-order valence-electron chi connectivity index (χ4n) is 3.18. The van der Waals surface area contributed by atoms with Gasteiger partial charge in [0.25, 0.3) is 0 Å². The zero-order valence-corrected chi connectivity index (χ0v) is 15.4. The zero-order valence-electron chi connectivity index (χ0n) is 15.4. The molecule has 1 aromatic carbocycles. The number of hydrogen-bond donors (Lipinski definition) is 0. The van der Waals surface area contributed by atoms with Gasteiger partial charge in [0.15, 0.2) is 11.5 Å². The molecule has 6 heteroatoms. The number of methoxy groups -OCH3 is 2. The van der Waals surface area contributed by atoms with E-state index in [0.29, 0.717) is 17.9 Å². The summed E-state index contributed by atoms with van der Waals surface area (Å²) < 4.78 is 10.6. The number of carbonyl (C=O) groups is 1. The maximum Gasteiger partial charge on any atom is 0.227 e. The van der Waals surface area contributed by atoms with Crippen molar-refractivity contribution < 1.29 is 14.3 Å². The van der Waals surface area contributed by atoms with Gasteiger partial charge in [0, 0.05) is 45.1 Å². The second-order valence-corrected chi connectivity index (χ2v) is 6.38. The summed E-state index contributed by atoms with van der Waals surface area (Å²) in [5.41, 5.74) is 2.14. The number of nitrogens with zero attached hydrogens (tertiary/aromatic N) is 3. The van der Waals surface area contributed by atoms with Gasteiger partial charge >= 0.3 is 0 Å². The number of amides is 1. The fraction of sp³-hybridized carbons (Fsp3) is 0.400. The van der Waals surface area contributed by atoms with Crippen LogP contribution in [0.15, 0.2) is 42.7 Å². The molecule has 0 spiro atoms. The minimum absolute atomic E-state index is 0.151. The predicted octanol–water partition coefficient (Wildman–Crippen LogP) is 1.99. The van der Waals surface area contributed by atoms with Crippen molar-refractivity contribution in [1.29, 1.82) is 0 Å². The van der Waals surface area contributed by atoms with Crippen LogP contribution in [0.1, 0.15) is 11.1 Å². The van der Waals surface area contributed by atoms with Crippen molar-refractivity contribution in [3.05, 3.63) is 53.9 Å². The van der Waals surface area contributed by atoms with Gasteiger partial charge in [-0.05, 0) is 29.3 Å². The Balaban J connectivity index is 1.52. The highest BCUT2D eigenvalue weighted by Gasteiger charge is 2.21. The number of pyridine rings is 1. The topological polar surface area (TPSA) is 54.9 Å². The third kappa shape index (κ3) is 4.52. The van der Waals surface area contributed by atoms with Crippen molar-refractivity contribution in [2.75, 3.05) is 40.4 Å². The number of hydrogen-bond acceptors (Lipinski definition) is 5. The molecule has 1 fully saturated rings. The van der Waals surface area contributed by atoms with Crippen molar-refractivity contribution in [1.82, 2.24) is 14.8 Å². The Bertz CT molecular complexity index is 728. The molecule has 0 aliphatic carbocycles. The molecule has 26 heavy (non-hydrogen) atoms. The number of ether oxygens (including phenoxy) is 2. The smallest absolute Gasteiger partial charge is 0.227 e. The van der Waals surface area contributed by atoms with E-state index in [0.717, 1.165) is 38.3 Å². The van der Waals surface area contributed by atoms with Gasteiger partial charge < -0.3 is 14.4 Å². The van der Waals surface area contributed by atoms with E-state index in [1.165, 1.54) is 5.56 Å². The minimum Gasteiger partial charge on any atom is -0.493 e. The van der Waals surface area contributed by atoms with Crippen LogP contribution in [0.3, 0.4) is 0 Å². The number of aromatic nitrogens is 1. The Hall–Kier alpha value is -2.60. The summed E-state index contributed by atoms with van der Waals surface area (Å²) in [7, 11) is 3.21. The third-order valence-electron chi connectivity index (χ3n) is 4.66. The molecule has 6 nitrogen and oxygen atoms in total. The van der Waals surface area contributed by atoms with E-state index >= 15 is 0 Å². The third-order valence-corrected chi connectivity index (χ3v) is 4.66. The maximum atomic E-state index is 12.6. The lowest BCUT2D eigenvalue weighted by Crippen LogP contribution is -2.48. The molecule has 3 rings (SSSR count). The Labute approximate surface area is 154 Å². The van der Waals surface area contributed by atoms with E-state index in [2.05, 4.69) is 16.0 Å². The van der Waals surface area contributed by atoms with Gasteiger partial charge in [-0.25, -0.2) is 0 Å². The van der Waals surface area contributed by atoms with Gasteiger partial charge in [-0.2, -0.15) is 0 Å². The summed E-state index contributed by atoms with van der Waals surface area (Å²) in [4.78, 5) is 21.1. The molecule has 2 heterocycles. The van der Waals surface area contributed by atoms with Crippen LogP contribution in [0.4, 0.5) is 0 Å².